The highest BCUT2D eigenvalue weighted by atomic mass is 16.6. The van der Waals surface area contributed by atoms with Crippen LogP contribution in [0.3, 0.4) is 0 Å². The van der Waals surface area contributed by atoms with Gasteiger partial charge in [-0.25, -0.2) is 4.79 Å². The lowest BCUT2D eigenvalue weighted by Crippen LogP contribution is -2.06. The van der Waals surface area contributed by atoms with Gasteiger partial charge >= 0.3 is 11.9 Å². The Labute approximate surface area is 97.1 Å². The molecule has 1 aromatic rings. The van der Waals surface area contributed by atoms with Gasteiger partial charge in [0.15, 0.2) is 0 Å². The highest BCUT2D eigenvalue weighted by Gasteiger charge is 2.13. The monoisotopic (exact) mass is 240 g/mol. The molecule has 0 saturated heterocycles. The van der Waals surface area contributed by atoms with Crippen LogP contribution in [0.2, 0.25) is 0 Å². The molecule has 0 aromatic carbocycles. The zero-order valence-electron chi connectivity index (χ0n) is 9.49. The highest BCUT2D eigenvalue weighted by Crippen LogP contribution is 2.05. The van der Waals surface area contributed by atoms with E-state index >= 15 is 0 Å². The van der Waals surface area contributed by atoms with Crippen molar-refractivity contribution in [1.82, 2.24) is 14.8 Å². The van der Waals surface area contributed by atoms with Crippen LogP contribution < -0.4 is 0 Å². The Morgan fingerprint density at radius 3 is 2.88 bits per heavy atom. The average Bonchev–Trinajstić information content (AvgIpc) is 2.78. The first kappa shape index (κ1) is 12.8. The molecule has 0 aliphatic carbocycles. The molecule has 0 N–H and O–H groups in total. The Balaban J connectivity index is 2.73. The summed E-state index contributed by atoms with van der Waals surface area (Å²) in [6, 6.07) is 0. The van der Waals surface area contributed by atoms with Gasteiger partial charge in [-0.3, -0.25) is 0 Å². The van der Waals surface area contributed by atoms with Crippen molar-refractivity contribution in [1.29, 1.82) is 0 Å². The van der Waals surface area contributed by atoms with Gasteiger partial charge in [0.1, 0.15) is 0 Å². The molecule has 17 heavy (non-hydrogen) atoms. The molecule has 0 atom stereocenters. The minimum absolute atomic E-state index is 0.235. The lowest BCUT2D eigenvalue weighted by atomic mass is 10.2. The highest BCUT2D eigenvalue weighted by molar-refractivity contribution is 5.88. The summed E-state index contributed by atoms with van der Waals surface area (Å²) in [4.78, 5) is 24.4. The summed E-state index contributed by atoms with van der Waals surface area (Å²) in [5.74, 6) is -0.878. The number of rotatable bonds is 5. The van der Waals surface area contributed by atoms with Crippen molar-refractivity contribution < 1.29 is 14.5 Å². The molecule has 0 saturated carbocycles. The molecular weight excluding hydrogens is 228 g/mol. The summed E-state index contributed by atoms with van der Waals surface area (Å²) in [6.07, 6.45) is 3.35. The fourth-order valence-corrected chi connectivity index (χ4v) is 1.16. The molecule has 0 unspecified atom stereocenters. The molecule has 0 fully saturated rings. The van der Waals surface area contributed by atoms with Crippen molar-refractivity contribution in [3.05, 3.63) is 28.1 Å². The van der Waals surface area contributed by atoms with Crippen LogP contribution in [0.4, 0.5) is 5.95 Å². The smallest absolute Gasteiger partial charge is 0.466 e. The fourth-order valence-electron chi connectivity index (χ4n) is 1.16. The van der Waals surface area contributed by atoms with Gasteiger partial charge in [0, 0.05) is 10.7 Å². The topological polar surface area (TPSA) is 100 Å². The van der Waals surface area contributed by atoms with Crippen LogP contribution in [-0.2, 0) is 16.1 Å². The van der Waals surface area contributed by atoms with Gasteiger partial charge in [0.05, 0.1) is 13.7 Å². The number of aromatic nitrogens is 3. The van der Waals surface area contributed by atoms with Crippen molar-refractivity contribution in [2.24, 2.45) is 0 Å². The van der Waals surface area contributed by atoms with Crippen molar-refractivity contribution in [3.8, 4) is 0 Å². The summed E-state index contributed by atoms with van der Waals surface area (Å²) in [7, 11) is 1.30. The summed E-state index contributed by atoms with van der Waals surface area (Å²) in [5, 5.41) is 14.0. The first-order valence-electron chi connectivity index (χ1n) is 4.89. The van der Waals surface area contributed by atoms with E-state index in [1.165, 1.54) is 18.1 Å². The predicted octanol–water partition coefficient (Wildman–Crippen LogP) is 0.696. The second-order valence-electron chi connectivity index (χ2n) is 3.10. The number of methoxy groups -OCH3 is 1. The van der Waals surface area contributed by atoms with Gasteiger partial charge in [-0.15, -0.1) is 0 Å². The molecule has 0 aliphatic rings. The van der Waals surface area contributed by atoms with Crippen molar-refractivity contribution >= 4 is 11.9 Å². The number of nitro groups is 1. The lowest BCUT2D eigenvalue weighted by Gasteiger charge is -2.00. The van der Waals surface area contributed by atoms with Crippen molar-refractivity contribution in [2.75, 3.05) is 7.11 Å². The number of hydrogen-bond acceptors (Lipinski definition) is 6. The van der Waals surface area contributed by atoms with Crippen LogP contribution in [0.1, 0.15) is 13.3 Å². The van der Waals surface area contributed by atoms with Crippen LogP contribution in [0, 0.1) is 10.1 Å². The molecule has 8 heteroatoms. The van der Waals surface area contributed by atoms with E-state index in [-0.39, 0.29) is 6.54 Å². The fraction of sp³-hybridized carbons (Fsp3) is 0.444. The average molecular weight is 240 g/mol. The standard InChI is InChI=1S/C9H12N4O4/c1-3-7(8(14)17-2)4-5-12-6-10-9(11-12)13(15)16/h4,6H,3,5H2,1-2H3. The maximum absolute atomic E-state index is 11.2. The van der Waals surface area contributed by atoms with Gasteiger partial charge in [-0.1, -0.05) is 18.0 Å². The number of esters is 1. The minimum atomic E-state index is -0.679. The summed E-state index contributed by atoms with van der Waals surface area (Å²) >= 11 is 0. The van der Waals surface area contributed by atoms with Crippen LogP contribution in [0.5, 0.6) is 0 Å². The molecule has 1 heterocycles. The number of hydrogen-bond donors (Lipinski definition) is 0. The Morgan fingerprint density at radius 2 is 2.41 bits per heavy atom. The summed E-state index contributed by atoms with van der Waals surface area (Å²) in [6.45, 7) is 2.05. The second-order valence-corrected chi connectivity index (χ2v) is 3.10. The largest absolute Gasteiger partial charge is 0.490 e. The molecule has 1 aromatic heterocycles. The van der Waals surface area contributed by atoms with Gasteiger partial charge in [-0.05, 0) is 11.3 Å². The summed E-state index contributed by atoms with van der Waals surface area (Å²) in [5.41, 5.74) is 0.491. The molecule has 0 amide bonds. The number of nitrogens with zero attached hydrogens (tertiary/aromatic N) is 4. The van der Waals surface area contributed by atoms with Crippen LogP contribution in [0.15, 0.2) is 18.0 Å². The molecule has 0 bridgehead atoms. The van der Waals surface area contributed by atoms with E-state index in [1.807, 2.05) is 6.92 Å². The minimum Gasteiger partial charge on any atom is -0.466 e. The molecular formula is C9H12N4O4. The van der Waals surface area contributed by atoms with E-state index in [2.05, 4.69) is 14.8 Å². The van der Waals surface area contributed by atoms with E-state index in [1.54, 1.807) is 6.08 Å². The number of allylic oxidation sites excluding steroid dienone is 1. The third-order valence-electron chi connectivity index (χ3n) is 2.04. The molecule has 0 radical (unpaired) electrons. The quantitative estimate of drug-likeness (QED) is 0.325. The Morgan fingerprint density at radius 1 is 1.71 bits per heavy atom. The molecule has 8 nitrogen and oxygen atoms in total. The molecule has 92 valence electrons. The first-order valence-corrected chi connectivity index (χ1v) is 4.89. The van der Waals surface area contributed by atoms with Gasteiger partial charge in [0.25, 0.3) is 0 Å². The SMILES string of the molecule is CCC(=CCn1cnc([N+](=O)[O-])n1)C(=O)OC. The van der Waals surface area contributed by atoms with Crippen molar-refractivity contribution in [3.63, 3.8) is 0 Å². The number of ether oxygens (including phenoxy) is 1. The van der Waals surface area contributed by atoms with Gasteiger partial charge in [-0.2, -0.15) is 4.68 Å². The van der Waals surface area contributed by atoms with Crippen molar-refractivity contribution in [2.45, 2.75) is 19.9 Å². The van der Waals surface area contributed by atoms with E-state index in [0.29, 0.717) is 12.0 Å². The van der Waals surface area contributed by atoms with Crippen LogP contribution in [-0.4, -0.2) is 32.8 Å². The van der Waals surface area contributed by atoms with Crippen LogP contribution in [0.25, 0.3) is 0 Å². The Bertz CT molecular complexity index is 452. The molecule has 1 rings (SSSR count). The number of carbonyl (C=O) groups excluding carboxylic acids is 1. The predicted molar refractivity (Wildman–Crippen MR) is 57.1 cm³/mol. The maximum Gasteiger partial charge on any atom is 0.490 e. The van der Waals surface area contributed by atoms with Gasteiger partial charge in [0.2, 0.25) is 6.33 Å². The normalized spacial score (nSPS) is 11.3. The molecule has 0 aliphatic heterocycles. The third-order valence-corrected chi connectivity index (χ3v) is 2.04. The first-order chi connectivity index (χ1) is 8.08. The number of carbonyl (C=O) groups is 1. The van der Waals surface area contributed by atoms with E-state index in [9.17, 15) is 14.9 Å². The zero-order valence-corrected chi connectivity index (χ0v) is 9.49. The van der Waals surface area contributed by atoms with E-state index in [0.717, 1.165) is 0 Å². The summed E-state index contributed by atoms with van der Waals surface area (Å²) < 4.78 is 5.85. The molecule has 0 spiro atoms. The van der Waals surface area contributed by atoms with E-state index in [4.69, 9.17) is 0 Å². The van der Waals surface area contributed by atoms with E-state index < -0.39 is 16.8 Å². The zero-order chi connectivity index (χ0) is 12.8. The Hall–Kier alpha value is -2.25. The maximum atomic E-state index is 11.2. The lowest BCUT2D eigenvalue weighted by molar-refractivity contribution is -0.394. The van der Waals surface area contributed by atoms with Gasteiger partial charge < -0.3 is 14.9 Å². The van der Waals surface area contributed by atoms with Crippen LogP contribution >= 0.6 is 0 Å². The third kappa shape index (κ3) is 3.37. The second kappa shape index (κ2) is 5.73. The Kier molecular flexibility index (Phi) is 4.32.